The molecule has 8 heteroatoms. The van der Waals surface area contributed by atoms with Crippen molar-refractivity contribution in [2.45, 2.75) is 24.6 Å². The van der Waals surface area contributed by atoms with Crippen molar-refractivity contribution in [2.24, 2.45) is 12.8 Å². The zero-order valence-electron chi connectivity index (χ0n) is 10.4. The fourth-order valence-corrected chi connectivity index (χ4v) is 2.21. The van der Waals surface area contributed by atoms with Crippen molar-refractivity contribution in [1.29, 1.82) is 0 Å². The lowest BCUT2D eigenvalue weighted by atomic mass is 10.1. The van der Waals surface area contributed by atoms with E-state index in [1.54, 1.807) is 13.2 Å². The van der Waals surface area contributed by atoms with E-state index in [1.807, 2.05) is 0 Å². The molecule has 4 N–H and O–H groups in total. The van der Waals surface area contributed by atoms with Crippen LogP contribution in [0.3, 0.4) is 0 Å². The summed E-state index contributed by atoms with van der Waals surface area (Å²) >= 11 is 0. The number of aliphatic hydroxyl groups excluding tert-OH is 1. The third-order valence-electron chi connectivity index (χ3n) is 3.20. The van der Waals surface area contributed by atoms with Crippen molar-refractivity contribution in [3.05, 3.63) is 18.0 Å². The standard InChI is InChI=1S/C11H16N4O4/c1-14-4-6(3-13-14)9(12)10(17)15-5-7(16)2-8(15)11(18)19/h3-4,7-9,16H,2,5,12H2,1H3,(H,18,19)/t7-,8-,9?/m0/s1. The predicted molar refractivity (Wildman–Crippen MR) is 63.9 cm³/mol. The Hall–Kier alpha value is -1.93. The molecule has 0 spiro atoms. The summed E-state index contributed by atoms with van der Waals surface area (Å²) in [6.07, 6.45) is 2.27. The molecule has 2 heterocycles. The van der Waals surface area contributed by atoms with Crippen molar-refractivity contribution in [1.82, 2.24) is 14.7 Å². The second-order valence-corrected chi connectivity index (χ2v) is 4.66. The van der Waals surface area contributed by atoms with Gasteiger partial charge in [0.15, 0.2) is 0 Å². The van der Waals surface area contributed by atoms with Crippen LogP contribution in [0.15, 0.2) is 12.4 Å². The molecule has 0 bridgehead atoms. The number of rotatable bonds is 3. The van der Waals surface area contributed by atoms with Gasteiger partial charge in [0.05, 0.1) is 12.3 Å². The largest absolute Gasteiger partial charge is 0.480 e. The van der Waals surface area contributed by atoms with Gasteiger partial charge in [-0.2, -0.15) is 5.10 Å². The summed E-state index contributed by atoms with van der Waals surface area (Å²) < 4.78 is 1.51. The number of hydrogen-bond acceptors (Lipinski definition) is 5. The number of aryl methyl sites for hydroxylation is 1. The van der Waals surface area contributed by atoms with Crippen LogP contribution < -0.4 is 5.73 Å². The minimum atomic E-state index is -1.14. The zero-order valence-corrected chi connectivity index (χ0v) is 10.4. The third kappa shape index (κ3) is 2.59. The second-order valence-electron chi connectivity index (χ2n) is 4.66. The van der Waals surface area contributed by atoms with Gasteiger partial charge in [-0.15, -0.1) is 0 Å². The van der Waals surface area contributed by atoms with E-state index in [0.29, 0.717) is 5.56 Å². The lowest BCUT2D eigenvalue weighted by Crippen LogP contribution is -2.45. The van der Waals surface area contributed by atoms with E-state index in [1.165, 1.54) is 10.9 Å². The Morgan fingerprint density at radius 3 is 2.79 bits per heavy atom. The molecule has 1 unspecified atom stereocenters. The molecular weight excluding hydrogens is 252 g/mol. The van der Waals surface area contributed by atoms with Crippen molar-refractivity contribution < 1.29 is 19.8 Å². The van der Waals surface area contributed by atoms with E-state index < -0.39 is 30.1 Å². The molecule has 1 aliphatic rings. The predicted octanol–water partition coefficient (Wildman–Crippen LogP) is -1.53. The van der Waals surface area contributed by atoms with Gasteiger partial charge in [-0.1, -0.05) is 0 Å². The molecule has 0 saturated carbocycles. The number of aromatic nitrogens is 2. The summed E-state index contributed by atoms with van der Waals surface area (Å²) in [7, 11) is 1.69. The number of amides is 1. The number of aliphatic carboxylic acids is 1. The molecule has 1 aliphatic heterocycles. The van der Waals surface area contributed by atoms with Gasteiger partial charge in [-0.25, -0.2) is 4.79 Å². The molecule has 2 rings (SSSR count). The van der Waals surface area contributed by atoms with Gasteiger partial charge in [0.2, 0.25) is 5.91 Å². The monoisotopic (exact) mass is 268 g/mol. The average Bonchev–Trinajstić information content (AvgIpc) is 2.93. The highest BCUT2D eigenvalue weighted by atomic mass is 16.4. The maximum absolute atomic E-state index is 12.2. The fraction of sp³-hybridized carbons (Fsp3) is 0.545. The fourth-order valence-electron chi connectivity index (χ4n) is 2.21. The molecule has 104 valence electrons. The molecule has 3 atom stereocenters. The van der Waals surface area contributed by atoms with Gasteiger partial charge >= 0.3 is 5.97 Å². The lowest BCUT2D eigenvalue weighted by molar-refractivity contribution is -0.148. The first-order valence-electron chi connectivity index (χ1n) is 5.85. The number of likely N-dealkylation sites (tertiary alicyclic amines) is 1. The van der Waals surface area contributed by atoms with E-state index >= 15 is 0 Å². The van der Waals surface area contributed by atoms with Gasteiger partial charge in [-0.3, -0.25) is 9.48 Å². The Labute approximate surface area is 109 Å². The van der Waals surface area contributed by atoms with Gasteiger partial charge in [0.25, 0.3) is 0 Å². The van der Waals surface area contributed by atoms with Crippen LogP contribution in [0.2, 0.25) is 0 Å². The topological polar surface area (TPSA) is 122 Å². The first-order chi connectivity index (χ1) is 8.90. The van der Waals surface area contributed by atoms with Crippen LogP contribution in [-0.2, 0) is 16.6 Å². The minimum Gasteiger partial charge on any atom is -0.480 e. The maximum atomic E-state index is 12.2. The van der Waals surface area contributed by atoms with E-state index in [0.717, 1.165) is 4.90 Å². The van der Waals surface area contributed by atoms with Crippen LogP contribution in [-0.4, -0.2) is 55.5 Å². The summed E-state index contributed by atoms with van der Waals surface area (Å²) in [5.41, 5.74) is 6.33. The third-order valence-corrected chi connectivity index (χ3v) is 3.20. The zero-order chi connectivity index (χ0) is 14.2. The van der Waals surface area contributed by atoms with Crippen molar-refractivity contribution in [2.75, 3.05) is 6.54 Å². The van der Waals surface area contributed by atoms with Crippen LogP contribution in [0, 0.1) is 0 Å². The highest BCUT2D eigenvalue weighted by Gasteiger charge is 2.40. The van der Waals surface area contributed by atoms with Gasteiger partial charge in [0.1, 0.15) is 12.1 Å². The summed E-state index contributed by atoms with van der Waals surface area (Å²) in [4.78, 5) is 24.4. The number of β-amino-alcohol motifs (C(OH)–C–C–N with tert-alkyl or cyclic N) is 1. The van der Waals surface area contributed by atoms with Crippen LogP contribution in [0.1, 0.15) is 18.0 Å². The molecule has 0 aromatic carbocycles. The van der Waals surface area contributed by atoms with E-state index in [9.17, 15) is 14.7 Å². The molecule has 1 aromatic heterocycles. The number of nitrogens with two attached hydrogens (primary N) is 1. The van der Waals surface area contributed by atoms with Crippen molar-refractivity contribution >= 4 is 11.9 Å². The van der Waals surface area contributed by atoms with Gasteiger partial charge in [0, 0.05) is 31.8 Å². The van der Waals surface area contributed by atoms with Gasteiger partial charge < -0.3 is 20.8 Å². The SMILES string of the molecule is Cn1cc(C(N)C(=O)N2C[C@@H](O)C[C@H]2C(=O)O)cn1. The molecule has 0 aliphatic carbocycles. The Morgan fingerprint density at radius 2 is 2.26 bits per heavy atom. The number of carboxylic acids is 1. The minimum absolute atomic E-state index is 0.0102. The van der Waals surface area contributed by atoms with E-state index in [-0.39, 0.29) is 13.0 Å². The first kappa shape index (κ1) is 13.5. The number of hydrogen-bond donors (Lipinski definition) is 3. The second kappa shape index (κ2) is 4.98. The lowest BCUT2D eigenvalue weighted by Gasteiger charge is -2.24. The number of nitrogens with zero attached hydrogens (tertiary/aromatic N) is 3. The Morgan fingerprint density at radius 1 is 1.58 bits per heavy atom. The number of carbonyl (C=O) groups is 2. The molecule has 1 aromatic rings. The maximum Gasteiger partial charge on any atom is 0.326 e. The average molecular weight is 268 g/mol. The summed E-state index contributed by atoms with van der Waals surface area (Å²) in [6, 6.07) is -1.99. The smallest absolute Gasteiger partial charge is 0.326 e. The van der Waals surface area contributed by atoms with Crippen LogP contribution in [0.25, 0.3) is 0 Å². The van der Waals surface area contributed by atoms with Gasteiger partial charge in [-0.05, 0) is 0 Å². The van der Waals surface area contributed by atoms with E-state index in [2.05, 4.69) is 5.10 Å². The molecule has 1 saturated heterocycles. The quantitative estimate of drug-likeness (QED) is 0.611. The Balaban J connectivity index is 2.16. The number of carbonyl (C=O) groups excluding carboxylic acids is 1. The first-order valence-corrected chi connectivity index (χ1v) is 5.85. The van der Waals surface area contributed by atoms with Crippen LogP contribution >= 0.6 is 0 Å². The van der Waals surface area contributed by atoms with Crippen molar-refractivity contribution in [3.8, 4) is 0 Å². The Bertz CT molecular complexity index is 501. The summed E-state index contributed by atoms with van der Waals surface area (Å²) in [6.45, 7) is -0.0102. The molecule has 8 nitrogen and oxygen atoms in total. The molecule has 1 fully saturated rings. The number of carboxylic acid groups (broad SMARTS) is 1. The summed E-state index contributed by atoms with van der Waals surface area (Å²) in [5.74, 6) is -1.65. The Kier molecular flexibility index (Phi) is 3.54. The van der Waals surface area contributed by atoms with Crippen LogP contribution in [0.5, 0.6) is 0 Å². The van der Waals surface area contributed by atoms with Crippen LogP contribution in [0.4, 0.5) is 0 Å². The number of aliphatic hydroxyl groups is 1. The normalized spacial score (nSPS) is 24.5. The summed E-state index contributed by atoms with van der Waals surface area (Å²) in [5, 5.41) is 22.5. The highest BCUT2D eigenvalue weighted by Crippen LogP contribution is 2.22. The molecule has 1 amide bonds. The molecule has 19 heavy (non-hydrogen) atoms. The van der Waals surface area contributed by atoms with Crippen molar-refractivity contribution in [3.63, 3.8) is 0 Å². The molecular formula is C11H16N4O4. The molecule has 0 radical (unpaired) electrons. The highest BCUT2D eigenvalue weighted by molar-refractivity contribution is 5.88. The van der Waals surface area contributed by atoms with E-state index in [4.69, 9.17) is 10.8 Å².